The minimum Gasteiger partial charge on any atom is -0.477 e. The lowest BCUT2D eigenvalue weighted by Crippen LogP contribution is -2.71. The second-order valence-corrected chi connectivity index (χ2v) is 8.59. The van der Waals surface area contributed by atoms with E-state index in [2.05, 4.69) is 20.3 Å². The van der Waals surface area contributed by atoms with Crippen LogP contribution >= 0.6 is 23.1 Å². The summed E-state index contributed by atoms with van der Waals surface area (Å²) in [7, 11) is 0. The van der Waals surface area contributed by atoms with Crippen LogP contribution in [-0.4, -0.2) is 81.3 Å². The van der Waals surface area contributed by atoms with Crippen molar-refractivity contribution in [2.75, 3.05) is 24.7 Å². The number of carboxylic acids is 1. The van der Waals surface area contributed by atoms with Crippen LogP contribution in [0.4, 0.5) is 13.9 Å². The molecule has 12 nitrogen and oxygen atoms in total. The van der Waals surface area contributed by atoms with Gasteiger partial charge in [-0.3, -0.25) is 19.3 Å². The molecule has 2 aliphatic rings. The summed E-state index contributed by atoms with van der Waals surface area (Å²) in [6, 6.07) is -1.12. The largest absolute Gasteiger partial charge is 0.477 e. The zero-order valence-corrected chi connectivity index (χ0v) is 18.5. The number of nitrogen functional groups attached to an aromatic ring is 1. The maximum absolute atomic E-state index is 12.8. The standard InChI is InChI=1S/C17H17F2N5O7S2/c1-6(25)30-2-7-4-32-15-11(14(27)24(15)12(7)16(28)29)22-13(26)10(23-31-3-9(18)19)8-5-33-17(20)21-8/h5,9,11,15H,2-4H2,1H3,(H2,20,21)(H,22,26)(H,28,29)/b23-10-/t11-,15+/m1/s1. The maximum Gasteiger partial charge on any atom is 0.352 e. The number of hydrogen-bond donors (Lipinski definition) is 3. The Morgan fingerprint density at radius 3 is 2.76 bits per heavy atom. The van der Waals surface area contributed by atoms with E-state index in [1.165, 1.54) is 12.3 Å². The van der Waals surface area contributed by atoms with Crippen molar-refractivity contribution < 1.29 is 42.6 Å². The summed E-state index contributed by atoms with van der Waals surface area (Å²) in [6.45, 7) is -0.190. The van der Waals surface area contributed by atoms with E-state index in [-0.39, 0.29) is 34.5 Å². The number of carbonyl (C=O) groups is 4. The van der Waals surface area contributed by atoms with Crippen LogP contribution in [0.25, 0.3) is 0 Å². The summed E-state index contributed by atoms with van der Waals surface area (Å²) in [5.41, 5.74) is 4.94. The Bertz CT molecular complexity index is 1040. The first-order valence-corrected chi connectivity index (χ1v) is 11.1. The highest BCUT2D eigenvalue weighted by Gasteiger charge is 2.54. The molecule has 0 saturated carbocycles. The molecule has 178 valence electrons. The highest BCUT2D eigenvalue weighted by molar-refractivity contribution is 8.00. The zero-order valence-electron chi connectivity index (χ0n) is 16.8. The lowest BCUT2D eigenvalue weighted by molar-refractivity contribution is -0.150. The Balaban J connectivity index is 1.77. The van der Waals surface area contributed by atoms with E-state index in [0.29, 0.717) is 0 Å². The number of anilines is 1. The van der Waals surface area contributed by atoms with Crippen LogP contribution in [0.2, 0.25) is 0 Å². The molecule has 2 amide bonds. The number of ether oxygens (including phenoxy) is 1. The molecular formula is C17H17F2N5O7S2. The molecule has 4 N–H and O–H groups in total. The Morgan fingerprint density at radius 1 is 1.45 bits per heavy atom. The Kier molecular flexibility index (Phi) is 7.47. The summed E-state index contributed by atoms with van der Waals surface area (Å²) in [6.07, 6.45) is -2.83. The fourth-order valence-electron chi connectivity index (χ4n) is 2.95. The van der Waals surface area contributed by atoms with E-state index in [1.54, 1.807) is 0 Å². The number of esters is 1. The molecule has 2 aliphatic heterocycles. The Labute approximate surface area is 192 Å². The smallest absolute Gasteiger partial charge is 0.352 e. The van der Waals surface area contributed by atoms with E-state index < -0.39 is 53.9 Å². The van der Waals surface area contributed by atoms with Crippen LogP contribution in [-0.2, 0) is 28.8 Å². The van der Waals surface area contributed by atoms with Gasteiger partial charge >= 0.3 is 11.9 Å². The van der Waals surface area contributed by atoms with E-state index in [1.807, 2.05) is 0 Å². The summed E-state index contributed by atoms with van der Waals surface area (Å²) in [5.74, 6) is -3.52. The molecule has 1 fully saturated rings. The molecule has 16 heteroatoms. The number of thiazole rings is 1. The van der Waals surface area contributed by atoms with Gasteiger partial charge in [-0.05, 0) is 0 Å². The van der Waals surface area contributed by atoms with Crippen molar-refractivity contribution >= 4 is 57.7 Å². The fraction of sp³-hybridized carbons (Fsp3) is 0.412. The van der Waals surface area contributed by atoms with Crippen molar-refractivity contribution in [1.82, 2.24) is 15.2 Å². The third-order valence-electron chi connectivity index (χ3n) is 4.32. The van der Waals surface area contributed by atoms with Crippen LogP contribution in [0, 0.1) is 0 Å². The third-order valence-corrected chi connectivity index (χ3v) is 6.34. The quantitative estimate of drug-likeness (QED) is 0.180. The summed E-state index contributed by atoms with van der Waals surface area (Å²) in [5, 5.41) is 16.1. The maximum atomic E-state index is 12.8. The second-order valence-electron chi connectivity index (χ2n) is 6.60. The SMILES string of the molecule is CC(=O)OCC1=C(C(=O)O)N2C(=O)[C@@H](NC(=O)/C(=N\OCC(F)F)c3csc(N)n3)[C@@H]2SC1. The first-order chi connectivity index (χ1) is 15.6. The van der Waals surface area contributed by atoms with Gasteiger partial charge in [-0.25, -0.2) is 18.6 Å². The number of β-lactam (4-membered cyclic amide) rings is 1. The minimum absolute atomic E-state index is 0.0426. The number of thioether (sulfide) groups is 1. The van der Waals surface area contributed by atoms with Crippen LogP contribution in [0.1, 0.15) is 12.6 Å². The van der Waals surface area contributed by atoms with Crippen LogP contribution in [0.15, 0.2) is 21.8 Å². The molecule has 3 rings (SSSR count). The van der Waals surface area contributed by atoms with Crippen LogP contribution in [0.5, 0.6) is 0 Å². The van der Waals surface area contributed by atoms with Gasteiger partial charge in [0.25, 0.3) is 18.2 Å². The predicted molar refractivity (Wildman–Crippen MR) is 111 cm³/mol. The predicted octanol–water partition coefficient (Wildman–Crippen LogP) is 0.0128. The molecule has 0 aliphatic carbocycles. The van der Waals surface area contributed by atoms with Gasteiger partial charge in [-0.1, -0.05) is 5.16 Å². The van der Waals surface area contributed by atoms with Gasteiger partial charge in [-0.15, -0.1) is 23.1 Å². The van der Waals surface area contributed by atoms with Crippen molar-refractivity contribution in [2.24, 2.45) is 5.16 Å². The van der Waals surface area contributed by atoms with Gasteiger partial charge < -0.3 is 25.7 Å². The van der Waals surface area contributed by atoms with Crippen molar-refractivity contribution in [1.29, 1.82) is 0 Å². The molecule has 1 aromatic heterocycles. The molecule has 0 spiro atoms. The Hall–Kier alpha value is -3.27. The molecule has 1 saturated heterocycles. The lowest BCUT2D eigenvalue weighted by atomic mass is 10.0. The van der Waals surface area contributed by atoms with E-state index in [0.717, 1.165) is 28.0 Å². The number of nitrogens with zero attached hydrogens (tertiary/aromatic N) is 3. The van der Waals surface area contributed by atoms with Gasteiger partial charge in [0.2, 0.25) is 0 Å². The van der Waals surface area contributed by atoms with Gasteiger partial charge in [0.15, 0.2) is 17.5 Å². The number of fused-ring (bicyclic) bond motifs is 1. The molecule has 0 aromatic carbocycles. The molecule has 1 aromatic rings. The van der Waals surface area contributed by atoms with Gasteiger partial charge in [0.1, 0.15) is 29.4 Å². The van der Waals surface area contributed by atoms with Crippen LogP contribution < -0.4 is 11.1 Å². The summed E-state index contributed by atoms with van der Waals surface area (Å²) < 4.78 is 29.6. The number of oxime groups is 1. The first-order valence-electron chi connectivity index (χ1n) is 9.13. The number of aromatic nitrogens is 1. The van der Waals surface area contributed by atoms with E-state index >= 15 is 0 Å². The normalized spacial score (nSPS) is 20.3. The molecular weight excluding hydrogens is 488 g/mol. The summed E-state index contributed by atoms with van der Waals surface area (Å²) in [4.78, 5) is 57.6. The number of rotatable bonds is 9. The number of nitrogens with two attached hydrogens (primary N) is 1. The summed E-state index contributed by atoms with van der Waals surface area (Å²) >= 11 is 2.13. The van der Waals surface area contributed by atoms with Crippen molar-refractivity contribution in [3.63, 3.8) is 0 Å². The van der Waals surface area contributed by atoms with Crippen molar-refractivity contribution in [2.45, 2.75) is 24.8 Å². The molecule has 2 atom stereocenters. The molecule has 0 radical (unpaired) electrons. The number of carbonyl (C=O) groups excluding carboxylic acids is 3. The third kappa shape index (κ3) is 5.39. The topological polar surface area (TPSA) is 174 Å². The van der Waals surface area contributed by atoms with Crippen molar-refractivity contribution in [3.05, 3.63) is 22.3 Å². The van der Waals surface area contributed by atoms with Crippen LogP contribution in [0.3, 0.4) is 0 Å². The number of alkyl halides is 2. The average molecular weight is 505 g/mol. The van der Waals surface area contributed by atoms with Gasteiger partial charge in [-0.2, -0.15) is 0 Å². The zero-order chi connectivity index (χ0) is 24.3. The second kappa shape index (κ2) is 10.1. The Morgan fingerprint density at radius 2 is 2.18 bits per heavy atom. The van der Waals surface area contributed by atoms with E-state index in [9.17, 15) is 33.1 Å². The van der Waals surface area contributed by atoms with Gasteiger partial charge in [0, 0.05) is 23.6 Å². The number of carboxylic acid groups (broad SMARTS) is 1. The highest BCUT2D eigenvalue weighted by Crippen LogP contribution is 2.40. The van der Waals surface area contributed by atoms with Gasteiger partial charge in [0.05, 0.1) is 0 Å². The van der Waals surface area contributed by atoms with E-state index in [4.69, 9.17) is 10.5 Å². The molecule has 0 unspecified atom stereocenters. The first kappa shape index (κ1) is 24.4. The average Bonchev–Trinajstić information content (AvgIpc) is 3.17. The lowest BCUT2D eigenvalue weighted by Gasteiger charge is -2.49. The fourth-order valence-corrected chi connectivity index (χ4v) is 4.83. The highest BCUT2D eigenvalue weighted by atomic mass is 32.2. The number of aliphatic carboxylic acids is 1. The minimum atomic E-state index is -2.83. The number of nitrogens with one attached hydrogen (secondary N) is 1. The number of halogens is 2. The molecule has 0 bridgehead atoms. The molecule has 33 heavy (non-hydrogen) atoms. The monoisotopic (exact) mass is 505 g/mol. The number of hydrogen-bond acceptors (Lipinski definition) is 11. The number of amides is 2. The van der Waals surface area contributed by atoms with Crippen molar-refractivity contribution in [3.8, 4) is 0 Å². The molecule has 3 heterocycles.